The van der Waals surface area contributed by atoms with Gasteiger partial charge in [0.25, 0.3) is 0 Å². The molecule has 118 valence electrons. The van der Waals surface area contributed by atoms with Gasteiger partial charge in [-0.3, -0.25) is 0 Å². The monoisotopic (exact) mass is 319 g/mol. The van der Waals surface area contributed by atoms with Gasteiger partial charge in [-0.05, 0) is 25.0 Å². The molecule has 0 saturated heterocycles. The highest BCUT2D eigenvalue weighted by Crippen LogP contribution is 2.29. The average molecular weight is 319 g/mol. The van der Waals surface area contributed by atoms with Crippen LogP contribution in [-0.4, -0.2) is 37.0 Å². The van der Waals surface area contributed by atoms with Crippen molar-refractivity contribution in [3.63, 3.8) is 0 Å². The van der Waals surface area contributed by atoms with Crippen molar-refractivity contribution in [2.75, 3.05) is 13.2 Å². The lowest BCUT2D eigenvalue weighted by molar-refractivity contribution is 0.198. The number of nitrogens with zero attached hydrogens (tertiary/aromatic N) is 1. The number of hydrogen-bond donors (Lipinski definition) is 1. The van der Waals surface area contributed by atoms with Crippen LogP contribution in [-0.2, 0) is 10.0 Å². The molecule has 0 heterocycles. The summed E-state index contributed by atoms with van der Waals surface area (Å²) in [7, 11) is -4.30. The second kappa shape index (κ2) is 6.81. The summed E-state index contributed by atoms with van der Waals surface area (Å²) in [6.07, 6.45) is 4.08. The molecule has 0 radical (unpaired) electrons. The highest BCUT2D eigenvalue weighted by Gasteiger charge is 2.35. The maximum Gasteiger partial charge on any atom is 0.249 e. The molecular weight excluding hydrogens is 300 g/mol. The summed E-state index contributed by atoms with van der Waals surface area (Å²) >= 11 is 0. The van der Waals surface area contributed by atoms with E-state index in [0.717, 1.165) is 41.8 Å². The Morgan fingerprint density at radius 2 is 1.71 bits per heavy atom. The molecule has 1 saturated carbocycles. The van der Waals surface area contributed by atoms with E-state index < -0.39 is 26.6 Å². The number of hydrogen-bond acceptors (Lipinski definition) is 3. The predicted octanol–water partition coefficient (Wildman–Crippen LogP) is 2.28. The van der Waals surface area contributed by atoms with Crippen molar-refractivity contribution in [1.82, 2.24) is 4.31 Å². The summed E-state index contributed by atoms with van der Waals surface area (Å²) < 4.78 is 53.9. The molecule has 0 amide bonds. The lowest BCUT2D eigenvalue weighted by Crippen LogP contribution is -2.43. The van der Waals surface area contributed by atoms with Crippen molar-refractivity contribution in [2.24, 2.45) is 0 Å². The van der Waals surface area contributed by atoms with Crippen molar-refractivity contribution >= 4 is 10.0 Å². The van der Waals surface area contributed by atoms with Crippen molar-refractivity contribution in [3.8, 4) is 0 Å². The second-order valence-corrected chi connectivity index (χ2v) is 7.01. The number of aliphatic hydroxyl groups is 1. The molecule has 7 heteroatoms. The zero-order chi connectivity index (χ0) is 15.5. The molecule has 1 fully saturated rings. The van der Waals surface area contributed by atoms with Crippen LogP contribution in [0.1, 0.15) is 32.1 Å². The van der Waals surface area contributed by atoms with E-state index in [1.165, 1.54) is 0 Å². The first-order chi connectivity index (χ1) is 9.98. The Hall–Kier alpha value is -1.05. The zero-order valence-electron chi connectivity index (χ0n) is 11.6. The molecule has 0 atom stereocenters. The minimum atomic E-state index is -4.30. The normalized spacial score (nSPS) is 17.3. The Labute approximate surface area is 123 Å². The molecule has 1 aliphatic carbocycles. The van der Waals surface area contributed by atoms with E-state index in [1.807, 2.05) is 0 Å². The van der Waals surface area contributed by atoms with Crippen molar-refractivity contribution in [3.05, 3.63) is 29.8 Å². The van der Waals surface area contributed by atoms with E-state index in [9.17, 15) is 17.2 Å². The van der Waals surface area contributed by atoms with Gasteiger partial charge in [0.05, 0.1) is 6.61 Å². The molecular formula is C14H19F2NO3S. The molecule has 1 aliphatic rings. The summed E-state index contributed by atoms with van der Waals surface area (Å²) in [6, 6.07) is 2.66. The maximum absolute atomic E-state index is 13.8. The van der Waals surface area contributed by atoms with E-state index in [1.54, 1.807) is 0 Å². The number of halogens is 2. The van der Waals surface area contributed by atoms with Crippen LogP contribution in [0, 0.1) is 11.6 Å². The lowest BCUT2D eigenvalue weighted by Gasteiger charge is -2.33. The van der Waals surface area contributed by atoms with Crippen molar-refractivity contribution in [1.29, 1.82) is 0 Å². The number of aliphatic hydroxyl groups excluding tert-OH is 1. The molecule has 1 aromatic carbocycles. The number of rotatable bonds is 5. The molecule has 0 aliphatic heterocycles. The second-order valence-electron chi connectivity index (χ2n) is 5.18. The quantitative estimate of drug-likeness (QED) is 0.906. The summed E-state index contributed by atoms with van der Waals surface area (Å²) in [6.45, 7) is -0.535. The van der Waals surface area contributed by atoms with Crippen LogP contribution in [0.5, 0.6) is 0 Å². The van der Waals surface area contributed by atoms with Gasteiger partial charge in [-0.2, -0.15) is 4.31 Å². The molecule has 1 N–H and O–H groups in total. The highest BCUT2D eigenvalue weighted by atomic mass is 32.2. The van der Waals surface area contributed by atoms with Gasteiger partial charge < -0.3 is 5.11 Å². The van der Waals surface area contributed by atoms with Crippen LogP contribution in [0.4, 0.5) is 8.78 Å². The van der Waals surface area contributed by atoms with Gasteiger partial charge >= 0.3 is 0 Å². The molecule has 0 aromatic heterocycles. The third-order valence-corrected chi connectivity index (χ3v) is 5.79. The van der Waals surface area contributed by atoms with Gasteiger partial charge in [0.15, 0.2) is 4.90 Å². The van der Waals surface area contributed by atoms with E-state index in [0.29, 0.717) is 12.8 Å². The largest absolute Gasteiger partial charge is 0.395 e. The smallest absolute Gasteiger partial charge is 0.249 e. The summed E-state index contributed by atoms with van der Waals surface area (Å²) in [5, 5.41) is 9.12. The first-order valence-corrected chi connectivity index (χ1v) is 8.49. The number of benzene rings is 1. The molecule has 2 rings (SSSR count). The van der Waals surface area contributed by atoms with Gasteiger partial charge in [0.1, 0.15) is 11.6 Å². The predicted molar refractivity (Wildman–Crippen MR) is 74.2 cm³/mol. The van der Waals surface area contributed by atoms with Gasteiger partial charge in [-0.1, -0.05) is 25.3 Å². The lowest BCUT2D eigenvalue weighted by atomic mass is 9.95. The van der Waals surface area contributed by atoms with Crippen LogP contribution in [0.25, 0.3) is 0 Å². The number of sulfonamides is 1. The Balaban J connectivity index is 2.42. The first-order valence-electron chi connectivity index (χ1n) is 7.05. The van der Waals surface area contributed by atoms with Crippen LogP contribution >= 0.6 is 0 Å². The molecule has 4 nitrogen and oxygen atoms in total. The minimum absolute atomic E-state index is 0.152. The fraction of sp³-hybridized carbons (Fsp3) is 0.571. The Bertz CT molecular complexity index is 566. The Morgan fingerprint density at radius 1 is 1.14 bits per heavy atom. The molecule has 0 bridgehead atoms. The molecule has 0 spiro atoms. The van der Waals surface area contributed by atoms with Gasteiger partial charge in [0.2, 0.25) is 10.0 Å². The highest BCUT2D eigenvalue weighted by molar-refractivity contribution is 7.89. The summed E-state index contributed by atoms with van der Waals surface area (Å²) in [5.41, 5.74) is 0. The summed E-state index contributed by atoms with van der Waals surface area (Å²) in [4.78, 5) is -0.927. The molecule has 1 aromatic rings. The van der Waals surface area contributed by atoms with Crippen molar-refractivity contribution < 1.29 is 22.3 Å². The van der Waals surface area contributed by atoms with E-state index in [2.05, 4.69) is 0 Å². The molecule has 21 heavy (non-hydrogen) atoms. The van der Waals surface area contributed by atoms with Crippen molar-refractivity contribution in [2.45, 2.75) is 43.0 Å². The fourth-order valence-electron chi connectivity index (χ4n) is 2.81. The summed E-state index contributed by atoms with van der Waals surface area (Å²) in [5.74, 6) is -2.21. The van der Waals surface area contributed by atoms with E-state index >= 15 is 0 Å². The fourth-order valence-corrected chi connectivity index (χ4v) is 4.60. The van der Waals surface area contributed by atoms with Crippen LogP contribution in [0.2, 0.25) is 0 Å². The standard InChI is InChI=1S/C14H19F2NO3S/c15-12-7-4-8-13(16)14(12)21(19,20)17(9-10-18)11-5-2-1-3-6-11/h4,7-8,11,18H,1-3,5-6,9-10H2. The maximum atomic E-state index is 13.8. The van der Waals surface area contributed by atoms with E-state index in [-0.39, 0.29) is 19.2 Å². The molecule has 0 unspecified atom stereocenters. The third-order valence-electron chi connectivity index (χ3n) is 3.79. The first kappa shape index (κ1) is 16.3. The van der Waals surface area contributed by atoms with Gasteiger partial charge in [0, 0.05) is 12.6 Å². The topological polar surface area (TPSA) is 57.6 Å². The third kappa shape index (κ3) is 3.41. The zero-order valence-corrected chi connectivity index (χ0v) is 12.5. The minimum Gasteiger partial charge on any atom is -0.395 e. The van der Waals surface area contributed by atoms with Gasteiger partial charge in [-0.15, -0.1) is 0 Å². The average Bonchev–Trinajstić information content (AvgIpc) is 2.45. The van der Waals surface area contributed by atoms with E-state index in [4.69, 9.17) is 5.11 Å². The Morgan fingerprint density at radius 3 is 2.24 bits per heavy atom. The van der Waals surface area contributed by atoms with Crippen LogP contribution in [0.15, 0.2) is 23.1 Å². The SMILES string of the molecule is O=S(=O)(c1c(F)cccc1F)N(CCO)C1CCCCC1. The van der Waals surface area contributed by atoms with Crippen LogP contribution < -0.4 is 0 Å². The Kier molecular flexibility index (Phi) is 5.29. The van der Waals surface area contributed by atoms with Crippen LogP contribution in [0.3, 0.4) is 0 Å². The van der Waals surface area contributed by atoms with Gasteiger partial charge in [-0.25, -0.2) is 17.2 Å².